The second-order valence-corrected chi connectivity index (χ2v) is 9.17. The Labute approximate surface area is 187 Å². The van der Waals surface area contributed by atoms with E-state index in [0.717, 1.165) is 5.56 Å². The van der Waals surface area contributed by atoms with E-state index in [-0.39, 0.29) is 23.5 Å². The lowest BCUT2D eigenvalue weighted by molar-refractivity contribution is -0.116. The van der Waals surface area contributed by atoms with Crippen LogP contribution in [0.3, 0.4) is 0 Å². The standard InChI is InChI=1S/C19H21ClN6O2S2/c1-11-4-5-13(10-14(11)20)22-16(27)7-6-15-24-25-19(26(15)3)30-12(2)17(28)23-18-21-8-9-29-18/h4-5,8-10,12H,6-7H2,1-3H3,(H,22,27)(H,21,23,28)/t12-/m1/s1. The van der Waals surface area contributed by atoms with Crippen LogP contribution in [-0.4, -0.2) is 36.8 Å². The summed E-state index contributed by atoms with van der Waals surface area (Å²) in [6.07, 6.45) is 2.31. The van der Waals surface area contributed by atoms with Crippen molar-refractivity contribution < 1.29 is 9.59 Å². The predicted octanol–water partition coefficient (Wildman–Crippen LogP) is 3.92. The summed E-state index contributed by atoms with van der Waals surface area (Å²) in [7, 11) is 1.82. The molecule has 2 aromatic heterocycles. The molecule has 0 aliphatic carbocycles. The summed E-state index contributed by atoms with van der Waals surface area (Å²) in [5.41, 5.74) is 1.61. The average molecular weight is 465 g/mol. The number of amides is 2. The second kappa shape index (κ2) is 10.1. The Morgan fingerprint density at radius 1 is 1.30 bits per heavy atom. The normalized spacial score (nSPS) is 11.9. The van der Waals surface area contributed by atoms with Crippen molar-refractivity contribution in [2.24, 2.45) is 7.05 Å². The maximum atomic E-state index is 12.3. The van der Waals surface area contributed by atoms with Crippen molar-refractivity contribution in [3.05, 3.63) is 46.2 Å². The Morgan fingerprint density at radius 3 is 2.80 bits per heavy atom. The minimum atomic E-state index is -0.376. The molecule has 11 heteroatoms. The highest BCUT2D eigenvalue weighted by Crippen LogP contribution is 2.24. The van der Waals surface area contributed by atoms with E-state index >= 15 is 0 Å². The van der Waals surface area contributed by atoms with Gasteiger partial charge in [0.25, 0.3) is 0 Å². The summed E-state index contributed by atoms with van der Waals surface area (Å²) in [6.45, 7) is 3.70. The molecule has 3 rings (SSSR count). The van der Waals surface area contributed by atoms with Gasteiger partial charge in [0, 0.05) is 42.2 Å². The molecule has 2 N–H and O–H groups in total. The van der Waals surface area contributed by atoms with Gasteiger partial charge in [-0.15, -0.1) is 21.5 Å². The summed E-state index contributed by atoms with van der Waals surface area (Å²) < 4.78 is 1.80. The molecule has 0 fully saturated rings. The van der Waals surface area contributed by atoms with Gasteiger partial charge in [-0.3, -0.25) is 9.59 Å². The van der Waals surface area contributed by atoms with Gasteiger partial charge in [-0.25, -0.2) is 4.98 Å². The van der Waals surface area contributed by atoms with Crippen molar-refractivity contribution in [1.82, 2.24) is 19.7 Å². The van der Waals surface area contributed by atoms with Crippen LogP contribution in [0.15, 0.2) is 34.9 Å². The highest BCUT2D eigenvalue weighted by atomic mass is 35.5. The van der Waals surface area contributed by atoms with Gasteiger partial charge in [-0.2, -0.15) is 0 Å². The Bertz CT molecular complexity index is 1040. The van der Waals surface area contributed by atoms with E-state index in [2.05, 4.69) is 25.8 Å². The van der Waals surface area contributed by atoms with E-state index in [1.807, 2.05) is 26.1 Å². The third-order valence-corrected chi connectivity index (χ3v) is 6.50. The third-order valence-electron chi connectivity index (χ3n) is 4.27. The molecule has 3 aromatic rings. The van der Waals surface area contributed by atoms with E-state index < -0.39 is 0 Å². The third kappa shape index (κ3) is 5.80. The molecule has 1 aromatic carbocycles. The van der Waals surface area contributed by atoms with Crippen LogP contribution in [0.1, 0.15) is 24.7 Å². The van der Waals surface area contributed by atoms with Crippen LogP contribution in [0.5, 0.6) is 0 Å². The first-order valence-corrected chi connectivity index (χ1v) is 11.3. The zero-order valence-corrected chi connectivity index (χ0v) is 19.1. The number of anilines is 2. The molecule has 0 saturated carbocycles. The number of halogens is 1. The van der Waals surface area contributed by atoms with Gasteiger partial charge in [0.2, 0.25) is 11.8 Å². The predicted molar refractivity (Wildman–Crippen MR) is 120 cm³/mol. The Kier molecular flexibility index (Phi) is 7.46. The van der Waals surface area contributed by atoms with Crippen molar-refractivity contribution in [1.29, 1.82) is 0 Å². The molecule has 2 amide bonds. The summed E-state index contributed by atoms with van der Waals surface area (Å²) in [6, 6.07) is 5.40. The van der Waals surface area contributed by atoms with Crippen LogP contribution in [0.4, 0.5) is 10.8 Å². The number of thioether (sulfide) groups is 1. The van der Waals surface area contributed by atoms with Crippen LogP contribution in [-0.2, 0) is 23.1 Å². The van der Waals surface area contributed by atoms with Crippen LogP contribution in [0, 0.1) is 6.92 Å². The number of carbonyl (C=O) groups is 2. The van der Waals surface area contributed by atoms with Gasteiger partial charge in [0.05, 0.1) is 5.25 Å². The van der Waals surface area contributed by atoms with Gasteiger partial charge in [-0.05, 0) is 31.5 Å². The van der Waals surface area contributed by atoms with Crippen molar-refractivity contribution >= 4 is 57.3 Å². The number of benzene rings is 1. The van der Waals surface area contributed by atoms with Crippen LogP contribution >= 0.6 is 34.7 Å². The molecule has 2 heterocycles. The van der Waals surface area contributed by atoms with E-state index in [1.54, 1.807) is 29.1 Å². The number of hydrogen-bond donors (Lipinski definition) is 2. The summed E-state index contributed by atoms with van der Waals surface area (Å²) in [5, 5.41) is 17.1. The Hall–Kier alpha value is -2.43. The summed E-state index contributed by atoms with van der Waals surface area (Å²) in [4.78, 5) is 28.6. The zero-order chi connectivity index (χ0) is 21.7. The highest BCUT2D eigenvalue weighted by molar-refractivity contribution is 8.00. The first kappa shape index (κ1) is 22.3. The summed E-state index contributed by atoms with van der Waals surface area (Å²) >= 11 is 8.75. The van der Waals surface area contributed by atoms with Crippen molar-refractivity contribution in [3.8, 4) is 0 Å². The largest absolute Gasteiger partial charge is 0.326 e. The van der Waals surface area contributed by atoms with Gasteiger partial charge in [0.1, 0.15) is 5.82 Å². The first-order chi connectivity index (χ1) is 14.3. The molecule has 0 spiro atoms. The molecule has 8 nitrogen and oxygen atoms in total. The molecule has 0 aliphatic rings. The van der Waals surface area contributed by atoms with Crippen LogP contribution in [0.25, 0.3) is 0 Å². The molecule has 0 saturated heterocycles. The first-order valence-electron chi connectivity index (χ1n) is 9.14. The number of aryl methyl sites for hydroxylation is 2. The molecular formula is C19H21ClN6O2S2. The SMILES string of the molecule is Cc1ccc(NC(=O)CCc2nnc(S[C@H](C)C(=O)Nc3nccs3)n2C)cc1Cl. The van der Waals surface area contributed by atoms with E-state index in [9.17, 15) is 9.59 Å². The number of carbonyl (C=O) groups excluding carboxylic acids is 2. The molecule has 1 atom stereocenters. The number of nitrogens with zero attached hydrogens (tertiary/aromatic N) is 4. The second-order valence-electron chi connectivity index (χ2n) is 6.56. The smallest absolute Gasteiger partial charge is 0.239 e. The van der Waals surface area contributed by atoms with E-state index in [4.69, 9.17) is 11.6 Å². The lowest BCUT2D eigenvalue weighted by Crippen LogP contribution is -2.22. The van der Waals surface area contributed by atoms with Crippen LogP contribution < -0.4 is 10.6 Å². The van der Waals surface area contributed by atoms with Crippen molar-refractivity contribution in [2.75, 3.05) is 10.6 Å². The lowest BCUT2D eigenvalue weighted by atomic mass is 10.2. The Morgan fingerprint density at radius 2 is 2.10 bits per heavy atom. The number of nitrogens with one attached hydrogen (secondary N) is 2. The van der Waals surface area contributed by atoms with Gasteiger partial charge >= 0.3 is 0 Å². The van der Waals surface area contributed by atoms with E-state index in [0.29, 0.717) is 33.2 Å². The zero-order valence-electron chi connectivity index (χ0n) is 16.7. The average Bonchev–Trinajstić information content (AvgIpc) is 3.33. The van der Waals surface area contributed by atoms with E-state index in [1.165, 1.54) is 23.1 Å². The maximum absolute atomic E-state index is 12.3. The lowest BCUT2D eigenvalue weighted by Gasteiger charge is -2.10. The summed E-state index contributed by atoms with van der Waals surface area (Å²) in [5.74, 6) is 0.376. The minimum Gasteiger partial charge on any atom is -0.326 e. The fourth-order valence-electron chi connectivity index (χ4n) is 2.49. The van der Waals surface area contributed by atoms with Gasteiger partial charge in [0.15, 0.2) is 10.3 Å². The molecule has 0 radical (unpaired) electrons. The highest BCUT2D eigenvalue weighted by Gasteiger charge is 2.20. The van der Waals surface area contributed by atoms with Gasteiger partial charge in [-0.1, -0.05) is 29.4 Å². The Balaban J connectivity index is 1.52. The fraction of sp³-hybridized carbons (Fsp3) is 0.316. The molecule has 0 bridgehead atoms. The van der Waals surface area contributed by atoms with Crippen molar-refractivity contribution in [2.45, 2.75) is 37.1 Å². The monoisotopic (exact) mass is 464 g/mol. The molecule has 30 heavy (non-hydrogen) atoms. The topological polar surface area (TPSA) is 102 Å². The number of rotatable bonds is 8. The van der Waals surface area contributed by atoms with Gasteiger partial charge < -0.3 is 15.2 Å². The maximum Gasteiger partial charge on any atom is 0.239 e. The molecule has 158 valence electrons. The molecular weight excluding hydrogens is 444 g/mol. The minimum absolute atomic E-state index is 0.136. The molecule has 0 aliphatic heterocycles. The molecule has 0 unspecified atom stereocenters. The quantitative estimate of drug-likeness (QED) is 0.490. The number of thiazole rings is 1. The number of aromatic nitrogens is 4. The number of hydrogen-bond acceptors (Lipinski definition) is 7. The van der Waals surface area contributed by atoms with Crippen molar-refractivity contribution in [3.63, 3.8) is 0 Å². The fourth-order valence-corrected chi connectivity index (χ4v) is 4.03. The van der Waals surface area contributed by atoms with Crippen LogP contribution in [0.2, 0.25) is 5.02 Å².